The molecular weight excluding hydrogens is 996 g/mol. The lowest BCUT2D eigenvalue weighted by Gasteiger charge is -2.33. The number of aliphatic imine (C=N–C) groups is 1. The topological polar surface area (TPSA) is 202 Å². The summed E-state index contributed by atoms with van der Waals surface area (Å²) in [5.41, 5.74) is 6.65. The molecule has 10 rings (SSSR count). The molecular formula is C54H61ClN12O7S. The van der Waals surface area contributed by atoms with Gasteiger partial charge in [0.05, 0.1) is 42.0 Å². The molecule has 3 aromatic heterocycles. The second kappa shape index (κ2) is 23.0. The summed E-state index contributed by atoms with van der Waals surface area (Å²) >= 11 is 7.89. The Kier molecular flexibility index (Phi) is 15.9. The molecule has 2 N–H and O–H groups in total. The monoisotopic (exact) mass is 1060 g/mol. The molecule has 3 saturated heterocycles. The van der Waals surface area contributed by atoms with Crippen molar-refractivity contribution in [3.05, 3.63) is 110 Å². The van der Waals surface area contributed by atoms with Crippen LogP contribution in [0.3, 0.4) is 0 Å². The van der Waals surface area contributed by atoms with Gasteiger partial charge in [-0.25, -0.2) is 0 Å². The van der Waals surface area contributed by atoms with Gasteiger partial charge in [0, 0.05) is 117 Å². The molecule has 0 spiro atoms. The average Bonchev–Trinajstić information content (AvgIpc) is 4.18. The average molecular weight is 1060 g/mol. The van der Waals surface area contributed by atoms with E-state index in [9.17, 15) is 24.0 Å². The van der Waals surface area contributed by atoms with E-state index < -0.39 is 18.0 Å². The highest BCUT2D eigenvalue weighted by Crippen LogP contribution is 2.40. The number of fused-ring (bicyclic) bond motifs is 4. The van der Waals surface area contributed by atoms with Crippen LogP contribution >= 0.6 is 22.9 Å². The number of imide groups is 1. The zero-order chi connectivity index (χ0) is 52.2. The van der Waals surface area contributed by atoms with Crippen molar-refractivity contribution >= 4 is 63.9 Å². The van der Waals surface area contributed by atoms with Crippen LogP contribution in [0.4, 0.5) is 5.69 Å². The molecule has 3 fully saturated rings. The standard InChI is InChI=1S/C54H61ClN12O7S/c1-34-45(75-54-49(34)50(37-10-12-38(55)13-11-37)58-43(51-61-60-35(2)67(51)54)30-47(69)64-24-22-62(3)23-25-64)15-9-36-31-56-65(32-36)19-5-8-48(70)74-29-28-73-27-26-63-20-17-39(18-21-63)57-42-7-4-6-40-41(42)33-66(53(40)72)44-14-16-46(68)59-52(44)71/h4,6-7,10-13,31-32,39,43-44,57H,5,8,14,16-30,33H2,1-3H3,(H,59,68,71)/t43-,44?/m0/s1. The van der Waals surface area contributed by atoms with Crippen LogP contribution in [0.5, 0.6) is 0 Å². The zero-order valence-electron chi connectivity index (χ0n) is 42.5. The largest absolute Gasteiger partial charge is 0.463 e. The fourth-order valence-corrected chi connectivity index (χ4v) is 11.7. The normalized spacial score (nSPS) is 19.1. The van der Waals surface area contributed by atoms with Crippen molar-refractivity contribution in [3.8, 4) is 16.8 Å². The summed E-state index contributed by atoms with van der Waals surface area (Å²) in [4.78, 5) is 78.0. The summed E-state index contributed by atoms with van der Waals surface area (Å²) in [6, 6.07) is 12.3. The maximum atomic E-state index is 13.7. The van der Waals surface area contributed by atoms with Crippen molar-refractivity contribution in [1.82, 2.24) is 49.5 Å². The number of nitrogens with zero attached hydrogens (tertiary/aromatic N) is 10. The number of benzene rings is 2. The highest BCUT2D eigenvalue weighted by molar-refractivity contribution is 7.15. The Morgan fingerprint density at radius 1 is 0.933 bits per heavy atom. The van der Waals surface area contributed by atoms with Crippen LogP contribution in [0, 0.1) is 25.7 Å². The van der Waals surface area contributed by atoms with Crippen molar-refractivity contribution in [2.45, 2.75) is 90.0 Å². The van der Waals surface area contributed by atoms with Gasteiger partial charge in [0.1, 0.15) is 29.5 Å². The van der Waals surface area contributed by atoms with E-state index in [1.807, 2.05) is 65.9 Å². The quantitative estimate of drug-likeness (QED) is 0.0584. The van der Waals surface area contributed by atoms with Gasteiger partial charge in [-0.15, -0.1) is 21.5 Å². The number of esters is 1. The van der Waals surface area contributed by atoms with Gasteiger partial charge >= 0.3 is 5.97 Å². The van der Waals surface area contributed by atoms with Gasteiger partial charge in [-0.2, -0.15) is 5.10 Å². The highest BCUT2D eigenvalue weighted by atomic mass is 35.5. The molecule has 0 radical (unpaired) electrons. The molecule has 75 heavy (non-hydrogen) atoms. The SMILES string of the molecule is Cc1c(C#Cc2cnn(CCCC(=O)OCCOCCN3CCC(Nc4cccc5c4CN(C4CCC(=O)NC4=O)C5=O)CC3)c2)sc2c1C(c1ccc(Cl)cc1)=N[C@@H](CC(=O)N1CCN(C)CC1)c1nnc(C)n1-2. The number of piperidine rings is 2. The van der Waals surface area contributed by atoms with Gasteiger partial charge in [-0.3, -0.25) is 43.5 Å². The Bertz CT molecular complexity index is 3070. The van der Waals surface area contributed by atoms with Gasteiger partial charge in [0.2, 0.25) is 17.7 Å². The minimum absolute atomic E-state index is 0.0429. The van der Waals surface area contributed by atoms with Crippen LogP contribution in [-0.2, 0) is 41.7 Å². The first-order chi connectivity index (χ1) is 36.4. The Morgan fingerprint density at radius 3 is 2.52 bits per heavy atom. The van der Waals surface area contributed by atoms with Crippen LogP contribution in [0.1, 0.15) is 106 Å². The van der Waals surface area contributed by atoms with Gasteiger partial charge in [0.25, 0.3) is 5.91 Å². The molecule has 0 bridgehead atoms. The third kappa shape index (κ3) is 11.7. The summed E-state index contributed by atoms with van der Waals surface area (Å²) in [7, 11) is 2.07. The lowest BCUT2D eigenvalue weighted by Crippen LogP contribution is -2.52. The number of piperazine rings is 1. The van der Waals surface area contributed by atoms with E-state index in [2.05, 4.69) is 54.6 Å². The molecule has 5 aliphatic rings. The molecule has 8 heterocycles. The Morgan fingerprint density at radius 2 is 1.73 bits per heavy atom. The number of rotatable bonds is 16. The fraction of sp³-hybridized carbons (Fsp3) is 0.463. The molecule has 0 saturated carbocycles. The second-order valence-corrected chi connectivity index (χ2v) is 21.2. The van der Waals surface area contributed by atoms with Gasteiger partial charge in [-0.05, 0) is 76.4 Å². The predicted octanol–water partition coefficient (Wildman–Crippen LogP) is 4.93. The molecule has 19 nitrogen and oxygen atoms in total. The number of thiophene rings is 1. The maximum absolute atomic E-state index is 13.7. The maximum Gasteiger partial charge on any atom is 0.305 e. The number of hydrogen-bond donors (Lipinski definition) is 2. The lowest BCUT2D eigenvalue weighted by molar-refractivity contribution is -0.145. The van der Waals surface area contributed by atoms with E-state index in [1.54, 1.807) is 33.2 Å². The van der Waals surface area contributed by atoms with E-state index >= 15 is 0 Å². The van der Waals surface area contributed by atoms with E-state index in [4.69, 9.17) is 26.1 Å². The summed E-state index contributed by atoms with van der Waals surface area (Å²) in [5, 5.41) is 21.1. The van der Waals surface area contributed by atoms with Crippen LogP contribution in [-0.4, -0.2) is 164 Å². The Hall–Kier alpha value is -6.76. The molecule has 392 valence electrons. The third-order valence-corrected chi connectivity index (χ3v) is 16.1. The molecule has 0 aliphatic carbocycles. The number of carbonyl (C=O) groups is 5. The molecule has 2 aromatic carbocycles. The van der Waals surface area contributed by atoms with Crippen molar-refractivity contribution < 1.29 is 33.4 Å². The second-order valence-electron chi connectivity index (χ2n) is 19.7. The van der Waals surface area contributed by atoms with Gasteiger partial charge < -0.3 is 34.4 Å². The summed E-state index contributed by atoms with van der Waals surface area (Å²) < 4.78 is 15.1. The van der Waals surface area contributed by atoms with Crippen LogP contribution in [0.25, 0.3) is 5.00 Å². The molecule has 5 aromatic rings. The number of hydrogen-bond acceptors (Lipinski definition) is 15. The molecule has 5 aliphatic heterocycles. The third-order valence-electron chi connectivity index (χ3n) is 14.6. The van der Waals surface area contributed by atoms with Gasteiger partial charge in [0.15, 0.2) is 5.82 Å². The fourth-order valence-electron chi connectivity index (χ4n) is 10.4. The number of carbonyl (C=O) groups excluding carboxylic acids is 5. The lowest BCUT2D eigenvalue weighted by atomic mass is 9.99. The zero-order valence-corrected chi connectivity index (χ0v) is 44.1. The number of likely N-dealkylation sites (tertiary alicyclic amines) is 1. The van der Waals surface area contributed by atoms with Crippen molar-refractivity contribution in [3.63, 3.8) is 0 Å². The summed E-state index contributed by atoms with van der Waals surface area (Å²) in [6.45, 7) is 11.4. The minimum atomic E-state index is -0.642. The summed E-state index contributed by atoms with van der Waals surface area (Å²) in [5.74, 6) is 6.88. The summed E-state index contributed by atoms with van der Waals surface area (Å²) in [6.07, 6.45) is 6.98. The van der Waals surface area contributed by atoms with Crippen LogP contribution in [0.15, 0.2) is 59.9 Å². The van der Waals surface area contributed by atoms with Crippen molar-refractivity contribution in [1.29, 1.82) is 0 Å². The number of halogens is 1. The smallest absolute Gasteiger partial charge is 0.305 e. The minimum Gasteiger partial charge on any atom is -0.463 e. The molecule has 1 unspecified atom stereocenters. The van der Waals surface area contributed by atoms with Gasteiger partial charge in [-0.1, -0.05) is 41.6 Å². The van der Waals surface area contributed by atoms with E-state index in [-0.39, 0.29) is 55.6 Å². The van der Waals surface area contributed by atoms with Crippen LogP contribution in [0.2, 0.25) is 5.02 Å². The van der Waals surface area contributed by atoms with Crippen molar-refractivity contribution in [2.24, 2.45) is 4.99 Å². The number of likely N-dealkylation sites (N-methyl/N-ethyl adjacent to an activating group) is 1. The van der Waals surface area contributed by atoms with E-state index in [1.165, 1.54) is 0 Å². The molecule has 4 amide bonds. The highest BCUT2D eigenvalue weighted by Gasteiger charge is 2.40. The number of aryl methyl sites for hydroxylation is 2. The first-order valence-electron chi connectivity index (χ1n) is 25.8. The molecule has 21 heteroatoms. The number of nitrogens with one attached hydrogen (secondary N) is 2. The predicted molar refractivity (Wildman–Crippen MR) is 282 cm³/mol. The first kappa shape index (κ1) is 51.7. The van der Waals surface area contributed by atoms with Crippen LogP contribution < -0.4 is 10.6 Å². The number of aromatic nitrogens is 5. The number of anilines is 1. The number of amides is 4. The van der Waals surface area contributed by atoms with Crippen molar-refractivity contribution in [2.75, 3.05) is 78.0 Å². The van der Waals surface area contributed by atoms with E-state index in [0.29, 0.717) is 74.5 Å². The first-order valence-corrected chi connectivity index (χ1v) is 27.0. The number of ether oxygens (including phenoxy) is 2. The van der Waals surface area contributed by atoms with E-state index in [0.717, 1.165) is 94.7 Å². The Labute approximate surface area is 444 Å². The molecule has 2 atom stereocenters. The Balaban J connectivity index is 0.662.